The van der Waals surface area contributed by atoms with Crippen molar-refractivity contribution in [2.75, 3.05) is 23.8 Å². The van der Waals surface area contributed by atoms with Crippen LogP contribution in [0.1, 0.15) is 27.2 Å². The number of sulfonamides is 1. The molecule has 0 aliphatic rings. The van der Waals surface area contributed by atoms with Gasteiger partial charge in [-0.05, 0) is 53.4 Å². The second-order valence-electron chi connectivity index (χ2n) is 6.85. The van der Waals surface area contributed by atoms with Gasteiger partial charge in [0.1, 0.15) is 5.82 Å². The molecule has 0 amide bonds. The van der Waals surface area contributed by atoms with Crippen LogP contribution in [-0.2, 0) is 10.0 Å². The van der Waals surface area contributed by atoms with E-state index in [1.807, 2.05) is 20.8 Å². The molecule has 1 atom stereocenters. The molecule has 0 saturated carbocycles. The number of nitrogens with one attached hydrogen (secondary N) is 3. The summed E-state index contributed by atoms with van der Waals surface area (Å²) in [5.74, 6) is 1.25. The van der Waals surface area contributed by atoms with Crippen LogP contribution < -0.4 is 15.4 Å². The van der Waals surface area contributed by atoms with Crippen LogP contribution in [0.25, 0.3) is 0 Å². The van der Waals surface area contributed by atoms with Crippen molar-refractivity contribution in [3.05, 3.63) is 34.9 Å². The molecule has 0 spiro atoms. The van der Waals surface area contributed by atoms with Crippen LogP contribution in [0.2, 0.25) is 0 Å². The normalized spacial score (nSPS) is 12.8. The lowest BCUT2D eigenvalue weighted by molar-refractivity contribution is 0.281. The summed E-state index contributed by atoms with van der Waals surface area (Å²) in [6.07, 6.45) is 2.35. The first-order chi connectivity index (χ1) is 13.2. The van der Waals surface area contributed by atoms with Gasteiger partial charge in [0.15, 0.2) is 0 Å². The molecule has 2 rings (SSSR count). The molecule has 10 heteroatoms. The molecule has 0 aliphatic heterocycles. The maximum Gasteiger partial charge on any atom is 0.240 e. The Kier molecular flexibility index (Phi) is 8.17. The number of rotatable bonds is 10. The Balaban J connectivity index is 2.15. The molecular formula is C18H26BrN5O3S. The highest BCUT2D eigenvalue weighted by molar-refractivity contribution is 9.10. The Bertz CT molecular complexity index is 893. The van der Waals surface area contributed by atoms with E-state index in [-0.39, 0.29) is 17.5 Å². The van der Waals surface area contributed by atoms with E-state index in [0.717, 1.165) is 6.42 Å². The van der Waals surface area contributed by atoms with Crippen LogP contribution in [-0.4, -0.2) is 42.7 Å². The van der Waals surface area contributed by atoms with Gasteiger partial charge in [0, 0.05) is 24.5 Å². The highest BCUT2D eigenvalue weighted by Crippen LogP contribution is 2.23. The molecule has 1 heterocycles. The second kappa shape index (κ2) is 10.1. The van der Waals surface area contributed by atoms with Crippen LogP contribution >= 0.6 is 15.9 Å². The SMILES string of the molecule is CC(C)CCNS(=O)(=O)c1cccc(Nc2ncc(Br)c(N[C@H](C)CO)n2)c1. The molecule has 0 bridgehead atoms. The highest BCUT2D eigenvalue weighted by Gasteiger charge is 2.15. The summed E-state index contributed by atoms with van der Waals surface area (Å²) >= 11 is 3.36. The van der Waals surface area contributed by atoms with Crippen LogP contribution in [0, 0.1) is 5.92 Å². The smallest absolute Gasteiger partial charge is 0.240 e. The Morgan fingerprint density at radius 3 is 2.68 bits per heavy atom. The van der Waals surface area contributed by atoms with E-state index in [1.54, 1.807) is 24.4 Å². The van der Waals surface area contributed by atoms with E-state index >= 15 is 0 Å². The zero-order valence-electron chi connectivity index (χ0n) is 16.1. The van der Waals surface area contributed by atoms with Crippen molar-refractivity contribution in [1.82, 2.24) is 14.7 Å². The summed E-state index contributed by atoms with van der Waals surface area (Å²) in [6, 6.07) is 6.30. The molecule has 1 aromatic carbocycles. The average Bonchev–Trinajstić information content (AvgIpc) is 2.64. The largest absolute Gasteiger partial charge is 0.394 e. The number of nitrogens with zero attached hydrogens (tertiary/aromatic N) is 2. The molecule has 154 valence electrons. The van der Waals surface area contributed by atoms with E-state index in [2.05, 4.69) is 41.3 Å². The molecule has 0 radical (unpaired) electrons. The fourth-order valence-corrected chi connectivity index (χ4v) is 3.64. The minimum Gasteiger partial charge on any atom is -0.394 e. The quantitative estimate of drug-likeness (QED) is 0.420. The predicted molar refractivity (Wildman–Crippen MR) is 114 cm³/mol. The van der Waals surface area contributed by atoms with Gasteiger partial charge in [-0.15, -0.1) is 0 Å². The van der Waals surface area contributed by atoms with Gasteiger partial charge in [-0.3, -0.25) is 0 Å². The number of benzene rings is 1. The van der Waals surface area contributed by atoms with Crippen LogP contribution in [0.15, 0.2) is 39.8 Å². The molecule has 0 unspecified atom stereocenters. The lowest BCUT2D eigenvalue weighted by Gasteiger charge is -2.14. The maximum atomic E-state index is 12.5. The zero-order valence-corrected chi connectivity index (χ0v) is 18.5. The number of hydrogen-bond acceptors (Lipinski definition) is 7. The lowest BCUT2D eigenvalue weighted by atomic mass is 10.1. The van der Waals surface area contributed by atoms with Gasteiger partial charge in [0.2, 0.25) is 16.0 Å². The Morgan fingerprint density at radius 1 is 1.25 bits per heavy atom. The number of anilines is 3. The van der Waals surface area contributed by atoms with Crippen LogP contribution in [0.3, 0.4) is 0 Å². The van der Waals surface area contributed by atoms with Crippen molar-refractivity contribution in [3.8, 4) is 0 Å². The Morgan fingerprint density at radius 2 is 2.00 bits per heavy atom. The van der Waals surface area contributed by atoms with Crippen molar-refractivity contribution in [2.24, 2.45) is 5.92 Å². The lowest BCUT2D eigenvalue weighted by Crippen LogP contribution is -2.25. The molecular weight excluding hydrogens is 446 g/mol. The summed E-state index contributed by atoms with van der Waals surface area (Å²) in [4.78, 5) is 8.72. The van der Waals surface area contributed by atoms with Crippen molar-refractivity contribution in [1.29, 1.82) is 0 Å². The van der Waals surface area contributed by atoms with Gasteiger partial charge < -0.3 is 15.7 Å². The standard InChI is InChI=1S/C18H26BrN5O3S/c1-12(2)7-8-21-28(26,27)15-6-4-5-14(9-15)23-18-20-10-16(19)17(24-18)22-13(3)11-25/h4-6,9-10,12-13,21,25H,7-8,11H2,1-3H3,(H2,20,22,23,24)/t13-/m1/s1. The van der Waals surface area contributed by atoms with E-state index in [1.165, 1.54) is 6.07 Å². The van der Waals surface area contributed by atoms with Crippen molar-refractivity contribution < 1.29 is 13.5 Å². The average molecular weight is 472 g/mol. The molecule has 2 aromatic rings. The van der Waals surface area contributed by atoms with Gasteiger partial charge in [0.25, 0.3) is 0 Å². The predicted octanol–water partition coefficient (Wildman–Crippen LogP) is 3.10. The first-order valence-electron chi connectivity index (χ1n) is 8.98. The summed E-state index contributed by atoms with van der Waals surface area (Å²) in [6.45, 7) is 6.26. The maximum absolute atomic E-state index is 12.5. The van der Waals surface area contributed by atoms with Gasteiger partial charge in [0.05, 0.1) is 16.0 Å². The summed E-state index contributed by atoms with van der Waals surface area (Å²) in [5, 5.41) is 15.3. The van der Waals surface area contributed by atoms with E-state index in [4.69, 9.17) is 0 Å². The van der Waals surface area contributed by atoms with Gasteiger partial charge in [-0.25, -0.2) is 18.1 Å². The summed E-state index contributed by atoms with van der Waals surface area (Å²) in [5.41, 5.74) is 0.551. The fraction of sp³-hybridized carbons (Fsp3) is 0.444. The third kappa shape index (κ3) is 6.69. The summed E-state index contributed by atoms with van der Waals surface area (Å²) in [7, 11) is -3.58. The number of aliphatic hydroxyl groups is 1. The summed E-state index contributed by atoms with van der Waals surface area (Å²) < 4.78 is 28.2. The zero-order chi connectivity index (χ0) is 20.7. The third-order valence-electron chi connectivity index (χ3n) is 3.82. The minimum atomic E-state index is -3.58. The first kappa shape index (κ1) is 22.5. The monoisotopic (exact) mass is 471 g/mol. The molecule has 4 N–H and O–H groups in total. The molecule has 0 saturated heterocycles. The Labute approximate surface area is 174 Å². The van der Waals surface area contributed by atoms with Crippen molar-refractivity contribution in [2.45, 2.75) is 38.1 Å². The second-order valence-corrected chi connectivity index (χ2v) is 9.47. The molecule has 28 heavy (non-hydrogen) atoms. The number of hydrogen-bond donors (Lipinski definition) is 4. The minimum absolute atomic E-state index is 0.0388. The van der Waals surface area contributed by atoms with E-state index < -0.39 is 10.0 Å². The molecule has 8 nitrogen and oxygen atoms in total. The van der Waals surface area contributed by atoms with E-state index in [0.29, 0.717) is 34.4 Å². The van der Waals surface area contributed by atoms with E-state index in [9.17, 15) is 13.5 Å². The van der Waals surface area contributed by atoms with Crippen molar-refractivity contribution in [3.63, 3.8) is 0 Å². The highest BCUT2D eigenvalue weighted by atomic mass is 79.9. The molecule has 1 aromatic heterocycles. The fourth-order valence-electron chi connectivity index (χ4n) is 2.24. The number of aliphatic hydroxyl groups excluding tert-OH is 1. The van der Waals surface area contributed by atoms with Crippen LogP contribution in [0.5, 0.6) is 0 Å². The molecule has 0 fully saturated rings. The van der Waals surface area contributed by atoms with Crippen LogP contribution in [0.4, 0.5) is 17.5 Å². The van der Waals surface area contributed by atoms with Gasteiger partial charge in [-0.1, -0.05) is 19.9 Å². The van der Waals surface area contributed by atoms with Gasteiger partial charge in [-0.2, -0.15) is 4.98 Å². The third-order valence-corrected chi connectivity index (χ3v) is 5.85. The number of halogens is 1. The number of aromatic nitrogens is 2. The van der Waals surface area contributed by atoms with Gasteiger partial charge >= 0.3 is 0 Å². The Hall–Kier alpha value is -1.75. The first-order valence-corrected chi connectivity index (χ1v) is 11.3. The molecule has 0 aliphatic carbocycles. The van der Waals surface area contributed by atoms with Crippen molar-refractivity contribution >= 4 is 43.4 Å². The topological polar surface area (TPSA) is 116 Å².